The number of hydrogen-bond donors (Lipinski definition) is 1. The van der Waals surface area contributed by atoms with Crippen molar-refractivity contribution in [2.45, 2.75) is 19.8 Å². The van der Waals surface area contributed by atoms with E-state index in [1.54, 1.807) is 30.5 Å². The van der Waals surface area contributed by atoms with Crippen molar-refractivity contribution in [3.63, 3.8) is 0 Å². The fraction of sp³-hybridized carbons (Fsp3) is 0.273. The largest absolute Gasteiger partial charge is 0.272 e. The van der Waals surface area contributed by atoms with E-state index in [-0.39, 0.29) is 5.91 Å². The second-order valence-corrected chi connectivity index (χ2v) is 3.43. The summed E-state index contributed by atoms with van der Waals surface area (Å²) in [6.07, 6.45) is 3.53. The van der Waals surface area contributed by atoms with Gasteiger partial charge in [-0.05, 0) is 18.6 Å². The highest BCUT2D eigenvalue weighted by Crippen LogP contribution is 2.14. The molecule has 1 aromatic carbocycles. The highest BCUT2D eigenvalue weighted by atomic mass is 35.5. The van der Waals surface area contributed by atoms with Crippen LogP contribution in [0.1, 0.15) is 30.1 Å². The molecule has 15 heavy (non-hydrogen) atoms. The molecule has 0 bridgehead atoms. The molecular formula is C11H13ClN2O. The van der Waals surface area contributed by atoms with Gasteiger partial charge in [-0.3, -0.25) is 4.79 Å². The quantitative estimate of drug-likeness (QED) is 0.620. The third-order valence-electron chi connectivity index (χ3n) is 1.79. The van der Waals surface area contributed by atoms with E-state index in [1.807, 2.05) is 6.92 Å². The lowest BCUT2D eigenvalue weighted by Crippen LogP contribution is -2.17. The van der Waals surface area contributed by atoms with Gasteiger partial charge in [-0.2, -0.15) is 5.10 Å². The molecule has 0 saturated heterocycles. The number of carbonyl (C=O) groups is 1. The van der Waals surface area contributed by atoms with Gasteiger partial charge in [0.25, 0.3) is 5.91 Å². The van der Waals surface area contributed by atoms with E-state index < -0.39 is 0 Å². The van der Waals surface area contributed by atoms with Crippen molar-refractivity contribution in [1.29, 1.82) is 0 Å². The van der Waals surface area contributed by atoms with Crippen molar-refractivity contribution in [2.24, 2.45) is 5.10 Å². The summed E-state index contributed by atoms with van der Waals surface area (Å²) in [6, 6.07) is 6.87. The molecule has 3 nitrogen and oxygen atoms in total. The molecule has 0 aliphatic heterocycles. The topological polar surface area (TPSA) is 41.5 Å². The molecule has 0 radical (unpaired) electrons. The summed E-state index contributed by atoms with van der Waals surface area (Å²) < 4.78 is 0. The molecule has 80 valence electrons. The number of benzene rings is 1. The minimum atomic E-state index is -0.284. The number of carbonyl (C=O) groups excluding carboxylic acids is 1. The van der Waals surface area contributed by atoms with Crippen LogP contribution in [0.15, 0.2) is 29.4 Å². The first kappa shape index (κ1) is 11.7. The first-order valence-electron chi connectivity index (χ1n) is 4.82. The summed E-state index contributed by atoms with van der Waals surface area (Å²) in [5.74, 6) is -0.284. The van der Waals surface area contributed by atoms with Crippen LogP contribution in [0.25, 0.3) is 0 Å². The Morgan fingerprint density at radius 2 is 2.27 bits per heavy atom. The molecule has 1 rings (SSSR count). The van der Waals surface area contributed by atoms with E-state index in [4.69, 9.17) is 11.6 Å². The van der Waals surface area contributed by atoms with Gasteiger partial charge in [-0.1, -0.05) is 37.1 Å². The first-order valence-corrected chi connectivity index (χ1v) is 5.20. The van der Waals surface area contributed by atoms with E-state index in [9.17, 15) is 4.79 Å². The Morgan fingerprint density at radius 1 is 1.53 bits per heavy atom. The van der Waals surface area contributed by atoms with Gasteiger partial charge in [-0.15, -0.1) is 0 Å². The second kappa shape index (κ2) is 6.19. The van der Waals surface area contributed by atoms with Crippen LogP contribution in [-0.4, -0.2) is 12.1 Å². The van der Waals surface area contributed by atoms with Crippen LogP contribution in [0.3, 0.4) is 0 Å². The third-order valence-corrected chi connectivity index (χ3v) is 2.12. The molecule has 0 aliphatic rings. The van der Waals surface area contributed by atoms with Crippen LogP contribution < -0.4 is 5.43 Å². The number of nitrogens with zero attached hydrogens (tertiary/aromatic N) is 1. The summed E-state index contributed by atoms with van der Waals surface area (Å²) in [6.45, 7) is 2.04. The van der Waals surface area contributed by atoms with Crippen molar-refractivity contribution in [3.8, 4) is 0 Å². The number of hydrogen-bond acceptors (Lipinski definition) is 2. The Kier molecular flexibility index (Phi) is 4.84. The van der Waals surface area contributed by atoms with Gasteiger partial charge in [0.05, 0.1) is 10.6 Å². The van der Waals surface area contributed by atoms with Gasteiger partial charge < -0.3 is 0 Å². The molecule has 0 aliphatic carbocycles. The predicted octanol–water partition coefficient (Wildman–Crippen LogP) is 2.86. The summed E-state index contributed by atoms with van der Waals surface area (Å²) in [4.78, 5) is 11.5. The van der Waals surface area contributed by atoms with E-state index in [0.717, 1.165) is 12.8 Å². The summed E-state index contributed by atoms with van der Waals surface area (Å²) in [5.41, 5.74) is 2.86. The molecule has 0 fully saturated rings. The normalized spacial score (nSPS) is 10.5. The van der Waals surface area contributed by atoms with Crippen LogP contribution in [-0.2, 0) is 0 Å². The maximum atomic E-state index is 11.5. The minimum absolute atomic E-state index is 0.284. The van der Waals surface area contributed by atoms with Crippen molar-refractivity contribution >= 4 is 23.7 Å². The number of halogens is 1. The lowest BCUT2D eigenvalue weighted by atomic mass is 10.2. The smallest absolute Gasteiger partial charge is 0.267 e. The second-order valence-electron chi connectivity index (χ2n) is 3.02. The summed E-state index contributed by atoms with van der Waals surface area (Å²) in [5, 5.41) is 4.23. The minimum Gasteiger partial charge on any atom is -0.267 e. The summed E-state index contributed by atoms with van der Waals surface area (Å²) in [7, 11) is 0. The molecule has 1 N–H and O–H groups in total. The van der Waals surface area contributed by atoms with E-state index in [0.29, 0.717) is 10.6 Å². The Balaban J connectivity index is 2.58. The number of hydrazone groups is 1. The van der Waals surface area contributed by atoms with Crippen LogP contribution in [0.2, 0.25) is 5.02 Å². The predicted molar refractivity (Wildman–Crippen MR) is 62.3 cm³/mol. The molecule has 0 aromatic heterocycles. The van der Waals surface area contributed by atoms with Crippen LogP contribution in [0.5, 0.6) is 0 Å². The zero-order valence-corrected chi connectivity index (χ0v) is 9.29. The zero-order chi connectivity index (χ0) is 11.1. The SMILES string of the molecule is CCC/C=N/NC(=O)c1ccccc1Cl. The summed E-state index contributed by atoms with van der Waals surface area (Å²) >= 11 is 5.85. The van der Waals surface area contributed by atoms with Gasteiger partial charge in [-0.25, -0.2) is 5.43 Å². The fourth-order valence-corrected chi connectivity index (χ4v) is 1.23. The third kappa shape index (κ3) is 3.72. The molecule has 1 aromatic rings. The fourth-order valence-electron chi connectivity index (χ4n) is 1.00. The van der Waals surface area contributed by atoms with Gasteiger partial charge in [0.1, 0.15) is 0 Å². The highest BCUT2D eigenvalue weighted by molar-refractivity contribution is 6.33. The molecule has 0 atom stereocenters. The lowest BCUT2D eigenvalue weighted by molar-refractivity contribution is 0.0955. The van der Waals surface area contributed by atoms with E-state index in [1.165, 1.54) is 0 Å². The number of amides is 1. The average molecular weight is 225 g/mol. The molecule has 4 heteroatoms. The number of nitrogens with one attached hydrogen (secondary N) is 1. The Labute approximate surface area is 94.1 Å². The highest BCUT2D eigenvalue weighted by Gasteiger charge is 2.07. The first-order chi connectivity index (χ1) is 7.25. The van der Waals surface area contributed by atoms with Crippen molar-refractivity contribution in [2.75, 3.05) is 0 Å². The number of unbranched alkanes of at least 4 members (excludes halogenated alkanes) is 1. The van der Waals surface area contributed by atoms with Gasteiger partial charge >= 0.3 is 0 Å². The molecule has 1 amide bonds. The van der Waals surface area contributed by atoms with Crippen LogP contribution in [0.4, 0.5) is 0 Å². The van der Waals surface area contributed by atoms with Crippen molar-refractivity contribution < 1.29 is 4.79 Å². The standard InChI is InChI=1S/C11H13ClN2O/c1-2-3-8-13-14-11(15)9-6-4-5-7-10(9)12/h4-8H,2-3H2,1H3,(H,14,15)/b13-8+. The Hall–Kier alpha value is -1.35. The zero-order valence-electron chi connectivity index (χ0n) is 8.53. The molecular weight excluding hydrogens is 212 g/mol. The van der Waals surface area contributed by atoms with Crippen molar-refractivity contribution in [3.05, 3.63) is 34.9 Å². The van der Waals surface area contributed by atoms with Gasteiger partial charge in [0, 0.05) is 6.21 Å². The number of rotatable bonds is 4. The van der Waals surface area contributed by atoms with Gasteiger partial charge in [0.2, 0.25) is 0 Å². The average Bonchev–Trinajstić information content (AvgIpc) is 2.25. The van der Waals surface area contributed by atoms with E-state index in [2.05, 4.69) is 10.5 Å². The Bertz CT molecular complexity index is 363. The van der Waals surface area contributed by atoms with Gasteiger partial charge in [0.15, 0.2) is 0 Å². The lowest BCUT2D eigenvalue weighted by Gasteiger charge is -2.01. The molecule has 0 saturated carbocycles. The van der Waals surface area contributed by atoms with Crippen molar-refractivity contribution in [1.82, 2.24) is 5.43 Å². The molecule has 0 heterocycles. The van der Waals surface area contributed by atoms with E-state index >= 15 is 0 Å². The molecule has 0 spiro atoms. The maximum absolute atomic E-state index is 11.5. The molecule has 0 unspecified atom stereocenters. The Morgan fingerprint density at radius 3 is 2.93 bits per heavy atom. The van der Waals surface area contributed by atoms with Crippen LogP contribution in [0, 0.1) is 0 Å². The monoisotopic (exact) mass is 224 g/mol. The maximum Gasteiger partial charge on any atom is 0.272 e. The van der Waals surface area contributed by atoms with Crippen LogP contribution >= 0.6 is 11.6 Å².